The third-order valence-corrected chi connectivity index (χ3v) is 4.26. The Morgan fingerprint density at radius 2 is 1.36 bits per heavy atom. The van der Waals surface area contributed by atoms with Crippen molar-refractivity contribution in [2.24, 2.45) is 0 Å². The maximum Gasteiger partial charge on any atom is 0.475 e. The summed E-state index contributed by atoms with van der Waals surface area (Å²) in [7, 11) is -5.05. The van der Waals surface area contributed by atoms with Gasteiger partial charge in [-0.05, 0) is 6.42 Å². The van der Waals surface area contributed by atoms with Gasteiger partial charge in [0.25, 0.3) is 0 Å². The number of hydrogen-bond acceptors (Lipinski definition) is 4. The Morgan fingerprint density at radius 1 is 0.840 bits per heavy atom. The third-order valence-electron chi connectivity index (χ3n) is 2.87. The second-order valence-corrected chi connectivity index (χ2v) is 6.94. The molecule has 0 aliphatic heterocycles. The van der Waals surface area contributed by atoms with E-state index in [2.05, 4.69) is 13.6 Å². The van der Waals surface area contributed by atoms with Crippen molar-refractivity contribution in [2.75, 3.05) is 19.8 Å². The van der Waals surface area contributed by atoms with E-state index in [9.17, 15) is 35.3 Å². The maximum absolute atomic E-state index is 12.8. The fourth-order valence-electron chi connectivity index (χ4n) is 1.55. The lowest BCUT2D eigenvalue weighted by molar-refractivity contribution is -0.167. The van der Waals surface area contributed by atoms with Crippen LogP contribution in [0.15, 0.2) is 0 Å². The molecule has 0 amide bonds. The molecule has 0 radical (unpaired) electrons. The molecule has 0 bridgehead atoms. The number of halogens is 7. The summed E-state index contributed by atoms with van der Waals surface area (Å²) in [6.07, 6.45) is -4.45. The Kier molecular flexibility index (Phi) is 11.2. The van der Waals surface area contributed by atoms with E-state index in [1.807, 2.05) is 6.92 Å². The predicted octanol–water partition coefficient (Wildman–Crippen LogP) is 5.97. The molecule has 1 unspecified atom stereocenters. The summed E-state index contributed by atoms with van der Waals surface area (Å²) in [6.45, 7) is -2.54. The van der Waals surface area contributed by atoms with Crippen LogP contribution in [0.3, 0.4) is 0 Å². The van der Waals surface area contributed by atoms with Gasteiger partial charge in [0.05, 0.1) is 6.61 Å². The van der Waals surface area contributed by atoms with E-state index >= 15 is 0 Å². The highest BCUT2D eigenvalue weighted by atomic mass is 31.2. The average molecular weight is 406 g/mol. The summed E-state index contributed by atoms with van der Waals surface area (Å²) in [5.74, 6) is -4.69. The first kappa shape index (κ1) is 24.6. The van der Waals surface area contributed by atoms with Crippen molar-refractivity contribution in [1.29, 1.82) is 0 Å². The molecule has 0 heterocycles. The summed E-state index contributed by atoms with van der Waals surface area (Å²) in [6, 6.07) is 0. The summed E-state index contributed by atoms with van der Waals surface area (Å²) in [5.41, 5.74) is 0. The molecule has 0 saturated heterocycles. The van der Waals surface area contributed by atoms with Gasteiger partial charge in [-0.3, -0.25) is 13.6 Å². The van der Waals surface area contributed by atoms with Crippen LogP contribution in [0.25, 0.3) is 0 Å². The lowest BCUT2D eigenvalue weighted by Gasteiger charge is -2.21. The van der Waals surface area contributed by atoms with Gasteiger partial charge in [-0.25, -0.2) is 13.3 Å². The lowest BCUT2D eigenvalue weighted by atomic mass is 10.1. The standard InChI is InChI=1S/C13H22F7O4P/c1-2-3-4-5-6-7-8-22-25(21,24-10-13(18,19)20)23-9-12(16,17)11(14)15/h11H,2-10H2,1H3. The molecule has 0 aromatic heterocycles. The predicted molar refractivity (Wildman–Crippen MR) is 75.8 cm³/mol. The highest BCUT2D eigenvalue weighted by Crippen LogP contribution is 2.51. The van der Waals surface area contributed by atoms with Crippen LogP contribution < -0.4 is 0 Å². The molecule has 25 heavy (non-hydrogen) atoms. The van der Waals surface area contributed by atoms with E-state index < -0.39 is 39.6 Å². The van der Waals surface area contributed by atoms with Crippen LogP contribution in [-0.4, -0.2) is 38.3 Å². The topological polar surface area (TPSA) is 44.8 Å². The fraction of sp³-hybridized carbons (Fsp3) is 1.00. The van der Waals surface area contributed by atoms with Crippen LogP contribution in [-0.2, 0) is 18.1 Å². The fourth-order valence-corrected chi connectivity index (χ4v) is 2.76. The molecule has 0 saturated carbocycles. The maximum atomic E-state index is 12.8. The van der Waals surface area contributed by atoms with Gasteiger partial charge in [-0.1, -0.05) is 39.0 Å². The number of unbranched alkanes of at least 4 members (excludes halogenated alkanes) is 5. The number of rotatable bonds is 14. The largest absolute Gasteiger partial charge is 0.475 e. The normalized spacial score (nSPS) is 15.6. The van der Waals surface area contributed by atoms with Crippen LogP contribution in [0.1, 0.15) is 45.4 Å². The number of phosphoric ester groups is 1. The first-order valence-corrected chi connectivity index (χ1v) is 9.14. The van der Waals surface area contributed by atoms with Crippen molar-refractivity contribution in [3.63, 3.8) is 0 Å². The van der Waals surface area contributed by atoms with Gasteiger partial charge in [0.2, 0.25) is 0 Å². The van der Waals surface area contributed by atoms with E-state index in [-0.39, 0.29) is 13.0 Å². The molecule has 0 fully saturated rings. The van der Waals surface area contributed by atoms with Crippen molar-refractivity contribution < 1.29 is 48.9 Å². The van der Waals surface area contributed by atoms with Crippen LogP contribution in [0.5, 0.6) is 0 Å². The first-order chi connectivity index (χ1) is 11.4. The Balaban J connectivity index is 4.50. The Hall–Kier alpha value is -0.380. The van der Waals surface area contributed by atoms with Crippen LogP contribution >= 0.6 is 7.82 Å². The van der Waals surface area contributed by atoms with E-state index in [1.54, 1.807) is 0 Å². The molecule has 0 N–H and O–H groups in total. The Morgan fingerprint density at radius 3 is 1.88 bits per heavy atom. The van der Waals surface area contributed by atoms with E-state index in [1.165, 1.54) is 0 Å². The Labute approximate surface area is 141 Å². The summed E-state index contributed by atoms with van der Waals surface area (Å²) in [4.78, 5) is 0. The minimum Gasteiger partial charge on any atom is -0.287 e. The number of alkyl halides is 7. The van der Waals surface area contributed by atoms with Gasteiger partial charge in [-0.2, -0.15) is 22.0 Å². The zero-order chi connectivity index (χ0) is 19.6. The second kappa shape index (κ2) is 11.4. The van der Waals surface area contributed by atoms with E-state index in [0.29, 0.717) is 6.42 Å². The molecule has 12 heteroatoms. The number of phosphoric acid groups is 1. The van der Waals surface area contributed by atoms with Crippen molar-refractivity contribution >= 4 is 7.82 Å². The molecule has 0 spiro atoms. The molecule has 0 aromatic rings. The van der Waals surface area contributed by atoms with Gasteiger partial charge in [0.15, 0.2) is 6.61 Å². The van der Waals surface area contributed by atoms with Crippen LogP contribution in [0, 0.1) is 0 Å². The Bertz CT molecular complexity index is 404. The molecule has 4 nitrogen and oxygen atoms in total. The number of hydrogen-bond donors (Lipinski definition) is 0. The highest BCUT2D eigenvalue weighted by molar-refractivity contribution is 7.48. The second-order valence-electron chi connectivity index (χ2n) is 5.27. The van der Waals surface area contributed by atoms with Crippen molar-refractivity contribution in [3.05, 3.63) is 0 Å². The van der Waals surface area contributed by atoms with Crippen molar-refractivity contribution in [2.45, 2.75) is 64.0 Å². The third kappa shape index (κ3) is 12.6. The first-order valence-electron chi connectivity index (χ1n) is 7.68. The molecule has 0 rings (SSSR count). The zero-order valence-electron chi connectivity index (χ0n) is 13.7. The van der Waals surface area contributed by atoms with E-state index in [0.717, 1.165) is 25.7 Å². The van der Waals surface area contributed by atoms with Gasteiger partial charge in [0, 0.05) is 0 Å². The molecular weight excluding hydrogens is 384 g/mol. The minimum absolute atomic E-state index is 0.275. The smallest absolute Gasteiger partial charge is 0.287 e. The van der Waals surface area contributed by atoms with Crippen molar-refractivity contribution in [1.82, 2.24) is 0 Å². The molecule has 0 aliphatic carbocycles. The van der Waals surface area contributed by atoms with Crippen molar-refractivity contribution in [3.8, 4) is 0 Å². The minimum atomic E-state index is -5.05. The summed E-state index contributed by atoms with van der Waals surface area (Å²) >= 11 is 0. The van der Waals surface area contributed by atoms with Gasteiger partial charge in [-0.15, -0.1) is 0 Å². The lowest BCUT2D eigenvalue weighted by Crippen LogP contribution is -2.32. The average Bonchev–Trinajstić information content (AvgIpc) is 2.50. The molecular formula is C13H22F7O4P. The SMILES string of the molecule is CCCCCCCCOP(=O)(OCC(F)(F)F)OCC(F)(F)C(F)F. The molecule has 0 aliphatic rings. The molecule has 152 valence electrons. The monoisotopic (exact) mass is 406 g/mol. The quantitative estimate of drug-likeness (QED) is 0.203. The van der Waals surface area contributed by atoms with Gasteiger partial charge >= 0.3 is 26.3 Å². The van der Waals surface area contributed by atoms with Gasteiger partial charge in [0.1, 0.15) is 6.61 Å². The van der Waals surface area contributed by atoms with E-state index in [4.69, 9.17) is 0 Å². The molecule has 1 atom stereocenters. The summed E-state index contributed by atoms with van der Waals surface area (Å²) < 4.78 is 110. The molecule has 0 aromatic carbocycles. The van der Waals surface area contributed by atoms with Gasteiger partial charge < -0.3 is 0 Å². The summed E-state index contributed by atoms with van der Waals surface area (Å²) in [5, 5.41) is 0. The highest BCUT2D eigenvalue weighted by Gasteiger charge is 2.45. The van der Waals surface area contributed by atoms with Crippen LogP contribution in [0.4, 0.5) is 30.7 Å². The van der Waals surface area contributed by atoms with Crippen LogP contribution in [0.2, 0.25) is 0 Å². The zero-order valence-corrected chi connectivity index (χ0v) is 14.6.